The van der Waals surface area contributed by atoms with Crippen molar-refractivity contribution in [3.8, 4) is 0 Å². The molecule has 5 atom stereocenters. The molecule has 0 amide bonds. The molecule has 0 spiro atoms. The van der Waals surface area contributed by atoms with Crippen molar-refractivity contribution >= 4 is 27.6 Å². The molecule has 3 aromatic heterocycles. The van der Waals surface area contributed by atoms with E-state index < -0.39 is 0 Å². The van der Waals surface area contributed by atoms with Crippen LogP contribution in [0.3, 0.4) is 0 Å². The molecule has 0 saturated heterocycles. The second-order valence-corrected chi connectivity index (χ2v) is 8.49. The van der Waals surface area contributed by atoms with E-state index in [9.17, 15) is 0 Å². The number of aromatic nitrogens is 5. The Morgan fingerprint density at radius 2 is 1.89 bits per heavy atom. The SMILES string of the molecule is c1cc2cn[nH]c2cc1C1Nc2cnc3[nH]ncc3c2[C@H]2C3CCC(C3)[C@@H]12. The van der Waals surface area contributed by atoms with E-state index in [1.807, 2.05) is 18.6 Å². The van der Waals surface area contributed by atoms with E-state index in [0.717, 1.165) is 23.0 Å². The fraction of sp³-hybridized carbons (Fsp3) is 0.381. The van der Waals surface area contributed by atoms with E-state index in [1.54, 1.807) is 0 Å². The van der Waals surface area contributed by atoms with Gasteiger partial charge in [0.05, 0.1) is 35.8 Å². The quantitative estimate of drug-likeness (QED) is 0.479. The third-order valence-electron chi connectivity index (χ3n) is 7.36. The molecule has 4 heterocycles. The van der Waals surface area contributed by atoms with Crippen molar-refractivity contribution in [2.45, 2.75) is 31.2 Å². The van der Waals surface area contributed by atoms with Crippen molar-refractivity contribution in [2.24, 2.45) is 17.8 Å². The Morgan fingerprint density at radius 3 is 2.89 bits per heavy atom. The van der Waals surface area contributed by atoms with Crippen LogP contribution in [0.1, 0.15) is 42.3 Å². The summed E-state index contributed by atoms with van der Waals surface area (Å²) in [6.07, 6.45) is 9.94. The number of hydrogen-bond acceptors (Lipinski definition) is 4. The number of rotatable bonds is 1. The van der Waals surface area contributed by atoms with Crippen molar-refractivity contribution in [3.63, 3.8) is 0 Å². The van der Waals surface area contributed by atoms with Gasteiger partial charge >= 0.3 is 0 Å². The fourth-order valence-corrected chi connectivity index (χ4v) is 6.35. The zero-order valence-electron chi connectivity index (χ0n) is 14.8. The molecule has 2 saturated carbocycles. The average molecular weight is 356 g/mol. The summed E-state index contributed by atoms with van der Waals surface area (Å²) in [5.41, 5.74) is 6.02. The first-order valence-corrected chi connectivity index (χ1v) is 9.88. The highest BCUT2D eigenvalue weighted by molar-refractivity contribution is 5.85. The van der Waals surface area contributed by atoms with E-state index in [4.69, 9.17) is 0 Å². The van der Waals surface area contributed by atoms with Gasteiger partial charge in [-0.25, -0.2) is 4.98 Å². The lowest BCUT2D eigenvalue weighted by Gasteiger charge is -2.43. The third-order valence-corrected chi connectivity index (χ3v) is 7.36. The molecule has 6 nitrogen and oxygen atoms in total. The van der Waals surface area contributed by atoms with Gasteiger partial charge in [0, 0.05) is 10.8 Å². The second kappa shape index (κ2) is 4.88. The zero-order valence-corrected chi connectivity index (χ0v) is 14.8. The minimum atomic E-state index is 0.330. The van der Waals surface area contributed by atoms with Gasteiger partial charge in [0.15, 0.2) is 5.65 Å². The van der Waals surface area contributed by atoms with Crippen molar-refractivity contribution in [3.05, 3.63) is 47.9 Å². The number of nitrogens with one attached hydrogen (secondary N) is 3. The molecule has 2 bridgehead atoms. The number of benzene rings is 1. The van der Waals surface area contributed by atoms with Crippen molar-refractivity contribution in [2.75, 3.05) is 5.32 Å². The van der Waals surface area contributed by atoms with Gasteiger partial charge in [-0.1, -0.05) is 12.1 Å². The van der Waals surface area contributed by atoms with Crippen LogP contribution in [0.5, 0.6) is 0 Å². The number of nitrogens with zero attached hydrogens (tertiary/aromatic N) is 3. The molecule has 1 aromatic carbocycles. The number of H-pyrrole nitrogens is 2. The average Bonchev–Trinajstić information content (AvgIpc) is 3.49. The molecule has 3 unspecified atom stereocenters. The lowest BCUT2D eigenvalue weighted by molar-refractivity contribution is 0.249. The first-order chi connectivity index (χ1) is 13.4. The number of hydrogen-bond donors (Lipinski definition) is 3. The van der Waals surface area contributed by atoms with E-state index in [1.165, 1.54) is 46.8 Å². The second-order valence-electron chi connectivity index (χ2n) is 8.49. The molecule has 134 valence electrons. The molecule has 2 fully saturated rings. The van der Waals surface area contributed by atoms with Crippen LogP contribution < -0.4 is 5.32 Å². The summed E-state index contributed by atoms with van der Waals surface area (Å²) in [5, 5.41) is 20.9. The highest BCUT2D eigenvalue weighted by Gasteiger charge is 2.54. The van der Waals surface area contributed by atoms with E-state index in [0.29, 0.717) is 17.9 Å². The topological polar surface area (TPSA) is 82.3 Å². The third kappa shape index (κ3) is 1.78. The summed E-state index contributed by atoms with van der Waals surface area (Å²) < 4.78 is 0. The minimum Gasteiger partial charge on any atom is -0.376 e. The maximum Gasteiger partial charge on any atom is 0.155 e. The summed E-state index contributed by atoms with van der Waals surface area (Å²) >= 11 is 0. The predicted molar refractivity (Wildman–Crippen MR) is 103 cm³/mol. The molecule has 4 aromatic rings. The molecular weight excluding hydrogens is 336 g/mol. The molecule has 6 heteroatoms. The molecule has 1 aliphatic heterocycles. The lowest BCUT2D eigenvalue weighted by Crippen LogP contribution is -2.35. The Bertz CT molecular complexity index is 1190. The molecule has 27 heavy (non-hydrogen) atoms. The van der Waals surface area contributed by atoms with Crippen LogP contribution >= 0.6 is 0 Å². The maximum atomic E-state index is 4.60. The van der Waals surface area contributed by atoms with E-state index in [-0.39, 0.29) is 0 Å². The monoisotopic (exact) mass is 356 g/mol. The normalized spacial score (nSPS) is 31.2. The largest absolute Gasteiger partial charge is 0.376 e. The Balaban J connectivity index is 1.44. The molecule has 7 rings (SSSR count). The standard InChI is InChI=1S/C21H20N6/c1-2-11-5-10(1)17-18(11)20(12-3-4-13-7-23-26-15(13)6-12)25-16-9-22-21-14(19(16)17)8-24-27-21/h3-4,6-11,17-18,20,25H,1-2,5H2,(H,23,26)(H,22,24,27)/t10?,11?,17-,18+,20?/m0/s1. The lowest BCUT2D eigenvalue weighted by atomic mass is 9.67. The number of pyridine rings is 1. The van der Waals surface area contributed by atoms with Crippen LogP contribution in [0, 0.1) is 17.8 Å². The predicted octanol–water partition coefficient (Wildman–Crippen LogP) is 4.13. The first kappa shape index (κ1) is 14.2. The summed E-state index contributed by atoms with van der Waals surface area (Å²) in [4.78, 5) is 4.60. The minimum absolute atomic E-state index is 0.330. The van der Waals surface area contributed by atoms with Crippen LogP contribution in [0.25, 0.3) is 21.9 Å². The number of aromatic amines is 2. The Morgan fingerprint density at radius 1 is 0.963 bits per heavy atom. The van der Waals surface area contributed by atoms with Crippen LogP contribution in [-0.2, 0) is 0 Å². The number of anilines is 1. The fourth-order valence-electron chi connectivity index (χ4n) is 6.35. The molecular formula is C21H20N6. The van der Waals surface area contributed by atoms with Gasteiger partial charge in [-0.2, -0.15) is 10.2 Å². The molecule has 3 aliphatic rings. The van der Waals surface area contributed by atoms with Gasteiger partial charge in [-0.05, 0) is 60.1 Å². The van der Waals surface area contributed by atoms with Crippen molar-refractivity contribution in [1.82, 2.24) is 25.4 Å². The summed E-state index contributed by atoms with van der Waals surface area (Å²) in [6, 6.07) is 7.06. The Kier molecular flexibility index (Phi) is 2.57. The van der Waals surface area contributed by atoms with Gasteiger partial charge in [0.1, 0.15) is 0 Å². The summed E-state index contributed by atoms with van der Waals surface area (Å²) in [5.74, 6) is 2.83. The molecule has 3 N–H and O–H groups in total. The molecule has 0 radical (unpaired) electrons. The van der Waals surface area contributed by atoms with Crippen molar-refractivity contribution < 1.29 is 0 Å². The van der Waals surface area contributed by atoms with Gasteiger partial charge in [0.2, 0.25) is 0 Å². The van der Waals surface area contributed by atoms with Gasteiger partial charge < -0.3 is 5.32 Å². The smallest absolute Gasteiger partial charge is 0.155 e. The molecule has 2 aliphatic carbocycles. The van der Waals surface area contributed by atoms with Gasteiger partial charge in [-0.15, -0.1) is 0 Å². The van der Waals surface area contributed by atoms with Crippen LogP contribution in [0.2, 0.25) is 0 Å². The van der Waals surface area contributed by atoms with Crippen LogP contribution in [0.15, 0.2) is 36.8 Å². The first-order valence-electron chi connectivity index (χ1n) is 9.88. The van der Waals surface area contributed by atoms with E-state index >= 15 is 0 Å². The Hall–Kier alpha value is -2.89. The summed E-state index contributed by atoms with van der Waals surface area (Å²) in [7, 11) is 0. The van der Waals surface area contributed by atoms with Crippen LogP contribution in [-0.4, -0.2) is 25.4 Å². The summed E-state index contributed by atoms with van der Waals surface area (Å²) in [6.45, 7) is 0. The van der Waals surface area contributed by atoms with Crippen LogP contribution in [0.4, 0.5) is 5.69 Å². The van der Waals surface area contributed by atoms with Gasteiger partial charge in [0.25, 0.3) is 0 Å². The highest BCUT2D eigenvalue weighted by Crippen LogP contribution is 2.64. The van der Waals surface area contributed by atoms with Crippen molar-refractivity contribution in [1.29, 1.82) is 0 Å². The van der Waals surface area contributed by atoms with E-state index in [2.05, 4.69) is 48.9 Å². The maximum absolute atomic E-state index is 4.60. The highest BCUT2D eigenvalue weighted by atomic mass is 15.1. The van der Waals surface area contributed by atoms with Gasteiger partial charge in [-0.3, -0.25) is 10.2 Å². The Labute approximate surface area is 155 Å². The zero-order chi connectivity index (χ0) is 17.5. The number of fused-ring (bicyclic) bond motifs is 10.